The molecule has 8 heteroatoms. The topological polar surface area (TPSA) is 69.9 Å². The number of fused-ring (bicyclic) bond motifs is 2. The molecular formula is C18H13F2NO5. The number of benzene rings is 2. The second-order valence-electron chi connectivity index (χ2n) is 5.64. The van der Waals surface area contributed by atoms with Gasteiger partial charge in [0, 0.05) is 35.8 Å². The van der Waals surface area contributed by atoms with Gasteiger partial charge < -0.3 is 23.9 Å². The molecule has 0 unspecified atom stereocenters. The molecule has 0 saturated carbocycles. The lowest BCUT2D eigenvalue weighted by Gasteiger charge is -2.10. The number of alkyl halides is 2. The van der Waals surface area contributed by atoms with E-state index in [4.69, 9.17) is 9.15 Å². The van der Waals surface area contributed by atoms with Crippen molar-refractivity contribution < 1.29 is 27.4 Å². The molecule has 0 saturated heterocycles. The molecule has 26 heavy (non-hydrogen) atoms. The van der Waals surface area contributed by atoms with Gasteiger partial charge in [0.05, 0.1) is 7.11 Å². The predicted molar refractivity (Wildman–Crippen MR) is 89.0 cm³/mol. The van der Waals surface area contributed by atoms with Crippen LogP contribution in [0.1, 0.15) is 5.56 Å². The summed E-state index contributed by atoms with van der Waals surface area (Å²) in [7, 11) is 1.52. The minimum absolute atomic E-state index is 0.0292. The van der Waals surface area contributed by atoms with Gasteiger partial charge >= 0.3 is 11.9 Å². The number of hydrogen-bond donors (Lipinski definition) is 1. The summed E-state index contributed by atoms with van der Waals surface area (Å²) in [4.78, 5) is 11.8. The van der Waals surface area contributed by atoms with Crippen molar-refractivity contribution in [3.05, 3.63) is 58.4 Å². The van der Waals surface area contributed by atoms with E-state index in [-0.39, 0.29) is 18.0 Å². The minimum atomic E-state index is -3.66. The lowest BCUT2D eigenvalue weighted by molar-refractivity contribution is -0.286. The molecule has 134 valence electrons. The summed E-state index contributed by atoms with van der Waals surface area (Å²) >= 11 is 0. The first-order valence-electron chi connectivity index (χ1n) is 7.68. The van der Waals surface area contributed by atoms with Gasteiger partial charge in [-0.2, -0.15) is 0 Å². The van der Waals surface area contributed by atoms with E-state index in [0.717, 1.165) is 5.39 Å². The van der Waals surface area contributed by atoms with E-state index in [1.165, 1.54) is 25.3 Å². The third-order valence-corrected chi connectivity index (χ3v) is 3.92. The molecule has 2 heterocycles. The number of rotatable bonds is 4. The smallest absolute Gasteiger partial charge is 0.497 e. The molecule has 1 aliphatic heterocycles. The Morgan fingerprint density at radius 1 is 1.08 bits per heavy atom. The van der Waals surface area contributed by atoms with Crippen LogP contribution in [0.5, 0.6) is 17.2 Å². The van der Waals surface area contributed by atoms with E-state index in [1.54, 1.807) is 24.3 Å². The molecule has 0 radical (unpaired) electrons. The Balaban J connectivity index is 1.60. The maximum absolute atomic E-state index is 13.1. The zero-order valence-electron chi connectivity index (χ0n) is 13.5. The molecule has 0 amide bonds. The van der Waals surface area contributed by atoms with Crippen LogP contribution in [-0.4, -0.2) is 13.4 Å². The highest BCUT2D eigenvalue weighted by Gasteiger charge is 2.43. The van der Waals surface area contributed by atoms with Crippen molar-refractivity contribution >= 4 is 16.7 Å². The van der Waals surface area contributed by atoms with Crippen LogP contribution in [0.25, 0.3) is 11.0 Å². The Kier molecular flexibility index (Phi) is 3.68. The van der Waals surface area contributed by atoms with Gasteiger partial charge in [-0.15, -0.1) is 8.78 Å². The van der Waals surface area contributed by atoms with E-state index < -0.39 is 11.9 Å². The van der Waals surface area contributed by atoms with E-state index >= 15 is 0 Å². The highest BCUT2D eigenvalue weighted by atomic mass is 19.3. The Morgan fingerprint density at radius 3 is 2.69 bits per heavy atom. The lowest BCUT2D eigenvalue weighted by atomic mass is 10.1. The molecule has 0 bridgehead atoms. The summed E-state index contributed by atoms with van der Waals surface area (Å²) in [5, 5.41) is 3.81. The van der Waals surface area contributed by atoms with Crippen LogP contribution in [0.3, 0.4) is 0 Å². The fourth-order valence-electron chi connectivity index (χ4n) is 2.74. The van der Waals surface area contributed by atoms with Crippen molar-refractivity contribution in [2.45, 2.75) is 12.8 Å². The van der Waals surface area contributed by atoms with Gasteiger partial charge in [-0.05, 0) is 29.8 Å². The molecular weight excluding hydrogens is 348 g/mol. The number of nitrogens with one attached hydrogen (secondary N) is 1. The van der Waals surface area contributed by atoms with Crippen LogP contribution in [0, 0.1) is 0 Å². The van der Waals surface area contributed by atoms with E-state index in [9.17, 15) is 13.6 Å². The van der Waals surface area contributed by atoms with Crippen LogP contribution >= 0.6 is 0 Å². The zero-order chi connectivity index (χ0) is 18.3. The van der Waals surface area contributed by atoms with E-state index in [2.05, 4.69) is 14.8 Å². The zero-order valence-corrected chi connectivity index (χ0v) is 13.5. The minimum Gasteiger partial charge on any atom is -0.497 e. The average molecular weight is 361 g/mol. The summed E-state index contributed by atoms with van der Waals surface area (Å²) in [5.74, 6) is 0.489. The molecule has 1 N–H and O–H groups in total. The molecule has 1 aliphatic rings. The summed E-state index contributed by atoms with van der Waals surface area (Å²) in [5.41, 5.74) is 1.15. The summed E-state index contributed by atoms with van der Waals surface area (Å²) in [6, 6.07) is 10.9. The SMILES string of the molecule is COc1ccc2c(CNc3ccc4c(c3)OC(F)(F)O4)cc(=O)oc2c1. The number of anilines is 1. The molecule has 0 atom stereocenters. The normalized spacial score (nSPS) is 14.4. The van der Waals surface area contributed by atoms with Crippen LogP contribution < -0.4 is 25.2 Å². The third kappa shape index (κ3) is 3.01. The first-order chi connectivity index (χ1) is 12.4. The average Bonchev–Trinajstić information content (AvgIpc) is 2.91. The Bertz CT molecular complexity index is 1050. The number of methoxy groups -OCH3 is 1. The summed E-state index contributed by atoms with van der Waals surface area (Å²) in [6.45, 7) is 0.282. The third-order valence-electron chi connectivity index (χ3n) is 3.92. The van der Waals surface area contributed by atoms with Crippen LogP contribution in [0.2, 0.25) is 0 Å². The van der Waals surface area contributed by atoms with Crippen molar-refractivity contribution in [2.75, 3.05) is 12.4 Å². The van der Waals surface area contributed by atoms with Crippen molar-refractivity contribution in [3.8, 4) is 17.2 Å². The Hall–Kier alpha value is -3.29. The van der Waals surface area contributed by atoms with Crippen molar-refractivity contribution in [1.29, 1.82) is 0 Å². The molecule has 3 aromatic rings. The van der Waals surface area contributed by atoms with Crippen molar-refractivity contribution in [2.24, 2.45) is 0 Å². The molecule has 4 rings (SSSR count). The van der Waals surface area contributed by atoms with Crippen LogP contribution in [-0.2, 0) is 6.54 Å². The number of hydrogen-bond acceptors (Lipinski definition) is 6. The largest absolute Gasteiger partial charge is 0.586 e. The monoisotopic (exact) mass is 361 g/mol. The number of ether oxygens (including phenoxy) is 3. The standard InChI is InChI=1S/C18H13F2NO5/c1-23-12-3-4-13-10(6-17(22)24-15(13)8-12)9-21-11-2-5-14-16(7-11)26-18(19,20)25-14/h2-8,21H,9H2,1H3. The molecule has 0 fully saturated rings. The Labute approximate surface area is 145 Å². The van der Waals surface area contributed by atoms with Gasteiger partial charge in [-0.3, -0.25) is 0 Å². The fourth-order valence-corrected chi connectivity index (χ4v) is 2.74. The van der Waals surface area contributed by atoms with Crippen LogP contribution in [0.4, 0.5) is 14.5 Å². The summed E-state index contributed by atoms with van der Waals surface area (Å²) < 4.78 is 45.3. The fraction of sp³-hybridized carbons (Fsp3) is 0.167. The van der Waals surface area contributed by atoms with Gasteiger partial charge in [-0.1, -0.05) is 0 Å². The van der Waals surface area contributed by atoms with Gasteiger partial charge in [0.2, 0.25) is 0 Å². The molecule has 0 aliphatic carbocycles. The van der Waals surface area contributed by atoms with Gasteiger partial charge in [0.1, 0.15) is 11.3 Å². The van der Waals surface area contributed by atoms with Crippen molar-refractivity contribution in [1.82, 2.24) is 0 Å². The molecule has 6 nitrogen and oxygen atoms in total. The van der Waals surface area contributed by atoms with E-state index in [0.29, 0.717) is 22.6 Å². The maximum Gasteiger partial charge on any atom is 0.586 e. The number of halogens is 2. The second kappa shape index (κ2) is 5.91. The second-order valence-corrected chi connectivity index (χ2v) is 5.64. The molecule has 0 spiro atoms. The lowest BCUT2D eigenvalue weighted by Crippen LogP contribution is -2.25. The molecule has 2 aromatic carbocycles. The highest BCUT2D eigenvalue weighted by Crippen LogP contribution is 2.42. The Morgan fingerprint density at radius 2 is 1.88 bits per heavy atom. The quantitative estimate of drug-likeness (QED) is 0.714. The van der Waals surface area contributed by atoms with Crippen LogP contribution in [0.15, 0.2) is 51.7 Å². The van der Waals surface area contributed by atoms with Gasteiger partial charge in [0.25, 0.3) is 0 Å². The predicted octanol–water partition coefficient (Wildman–Crippen LogP) is 3.74. The van der Waals surface area contributed by atoms with E-state index in [1.807, 2.05) is 0 Å². The van der Waals surface area contributed by atoms with Gasteiger partial charge in [-0.25, -0.2) is 4.79 Å². The maximum atomic E-state index is 13.1. The first-order valence-corrected chi connectivity index (χ1v) is 7.68. The summed E-state index contributed by atoms with van der Waals surface area (Å²) in [6.07, 6.45) is -3.66. The van der Waals surface area contributed by atoms with Crippen molar-refractivity contribution in [3.63, 3.8) is 0 Å². The van der Waals surface area contributed by atoms with Gasteiger partial charge in [0.15, 0.2) is 11.5 Å². The highest BCUT2D eigenvalue weighted by molar-refractivity contribution is 5.81. The first kappa shape index (κ1) is 16.2. The molecule has 1 aromatic heterocycles.